The highest BCUT2D eigenvalue weighted by molar-refractivity contribution is 9.10. The molecule has 0 N–H and O–H groups in total. The van der Waals surface area contributed by atoms with E-state index in [4.69, 9.17) is 9.47 Å². The zero-order chi connectivity index (χ0) is 16.9. The molecule has 3 aromatic rings. The van der Waals surface area contributed by atoms with Gasteiger partial charge >= 0.3 is 0 Å². The minimum Gasteiger partial charge on any atom is -0.489 e. The first kappa shape index (κ1) is 16.4. The topological polar surface area (TPSA) is 44.2 Å². The molecule has 0 saturated heterocycles. The number of nitrogens with zero attached hydrogens (tertiary/aromatic N) is 2. The number of benzene rings is 2. The molecular weight excluding hydrogens is 375 g/mol. The SMILES string of the molecule is Cc1ncc(COc2cc(F)cc(Oc3[c]cc(Br)cc3)c2)cn1. The monoisotopic (exact) mass is 387 g/mol. The zero-order valence-corrected chi connectivity index (χ0v) is 14.4. The van der Waals surface area contributed by atoms with Crippen LogP contribution in [0.5, 0.6) is 17.2 Å². The van der Waals surface area contributed by atoms with Gasteiger partial charge in [0.2, 0.25) is 0 Å². The molecule has 2 aromatic carbocycles. The van der Waals surface area contributed by atoms with E-state index in [1.165, 1.54) is 12.1 Å². The van der Waals surface area contributed by atoms with Gasteiger partial charge in [-0.1, -0.05) is 15.9 Å². The van der Waals surface area contributed by atoms with Crippen LogP contribution in [0.2, 0.25) is 0 Å². The molecule has 0 saturated carbocycles. The van der Waals surface area contributed by atoms with Crippen molar-refractivity contribution in [3.8, 4) is 17.2 Å². The summed E-state index contributed by atoms with van der Waals surface area (Å²) in [7, 11) is 0. The minimum atomic E-state index is -0.445. The van der Waals surface area contributed by atoms with E-state index in [2.05, 4.69) is 32.0 Å². The van der Waals surface area contributed by atoms with E-state index in [0.717, 1.165) is 10.0 Å². The van der Waals surface area contributed by atoms with Crippen molar-refractivity contribution >= 4 is 15.9 Å². The summed E-state index contributed by atoms with van der Waals surface area (Å²) in [4.78, 5) is 8.18. The van der Waals surface area contributed by atoms with Gasteiger partial charge in [0.25, 0.3) is 0 Å². The van der Waals surface area contributed by atoms with Gasteiger partial charge in [0.1, 0.15) is 35.5 Å². The summed E-state index contributed by atoms with van der Waals surface area (Å²) < 4.78 is 25.9. The zero-order valence-electron chi connectivity index (χ0n) is 12.8. The predicted octanol–water partition coefficient (Wildman–Crippen LogP) is 4.86. The highest BCUT2D eigenvalue weighted by atomic mass is 79.9. The van der Waals surface area contributed by atoms with E-state index < -0.39 is 5.82 Å². The lowest BCUT2D eigenvalue weighted by atomic mass is 10.3. The first-order valence-electron chi connectivity index (χ1n) is 7.14. The normalized spacial score (nSPS) is 10.5. The lowest BCUT2D eigenvalue weighted by molar-refractivity contribution is 0.301. The number of rotatable bonds is 5. The summed E-state index contributed by atoms with van der Waals surface area (Å²) in [5, 5.41) is 0. The molecule has 24 heavy (non-hydrogen) atoms. The van der Waals surface area contributed by atoms with Gasteiger partial charge in [-0.05, 0) is 25.1 Å². The standard InChI is InChI=1S/C18H13BrFN2O2/c1-12-21-9-13(10-22-12)11-23-17-6-15(20)7-18(8-17)24-16-4-2-14(19)3-5-16/h2-4,6-10H,11H2,1H3. The summed E-state index contributed by atoms with van der Waals surface area (Å²) in [5.41, 5.74) is 0.800. The molecule has 6 heteroatoms. The van der Waals surface area contributed by atoms with Crippen LogP contribution in [-0.2, 0) is 6.61 Å². The van der Waals surface area contributed by atoms with E-state index in [-0.39, 0.29) is 6.61 Å². The summed E-state index contributed by atoms with van der Waals surface area (Å²) in [5.74, 6) is 1.43. The van der Waals surface area contributed by atoms with Crippen molar-refractivity contribution in [1.29, 1.82) is 0 Å². The summed E-state index contributed by atoms with van der Waals surface area (Å²) in [6.45, 7) is 2.05. The van der Waals surface area contributed by atoms with Crippen LogP contribution in [0.3, 0.4) is 0 Å². The number of hydrogen-bond acceptors (Lipinski definition) is 4. The Balaban J connectivity index is 1.71. The second kappa shape index (κ2) is 7.40. The second-order valence-electron chi connectivity index (χ2n) is 5.02. The van der Waals surface area contributed by atoms with Gasteiger partial charge in [-0.25, -0.2) is 14.4 Å². The fourth-order valence-corrected chi connectivity index (χ4v) is 2.17. The van der Waals surface area contributed by atoms with Crippen LogP contribution in [0.4, 0.5) is 4.39 Å². The number of ether oxygens (including phenoxy) is 2. The van der Waals surface area contributed by atoms with Gasteiger partial charge in [-0.3, -0.25) is 0 Å². The molecule has 0 aliphatic heterocycles. The van der Waals surface area contributed by atoms with Crippen LogP contribution in [0, 0.1) is 18.8 Å². The Labute approximate surface area is 147 Å². The van der Waals surface area contributed by atoms with Crippen molar-refractivity contribution in [1.82, 2.24) is 9.97 Å². The average molecular weight is 388 g/mol. The number of aromatic nitrogens is 2. The van der Waals surface area contributed by atoms with Crippen LogP contribution in [0.1, 0.15) is 11.4 Å². The quantitative estimate of drug-likeness (QED) is 0.626. The number of halogens is 2. The number of aryl methyl sites for hydroxylation is 1. The molecule has 1 radical (unpaired) electrons. The highest BCUT2D eigenvalue weighted by Crippen LogP contribution is 2.28. The molecule has 0 atom stereocenters. The summed E-state index contributed by atoms with van der Waals surface area (Å²) >= 11 is 3.32. The Hall–Kier alpha value is -2.47. The largest absolute Gasteiger partial charge is 0.489 e. The van der Waals surface area contributed by atoms with Crippen molar-refractivity contribution in [3.05, 3.63) is 76.5 Å². The highest BCUT2D eigenvalue weighted by Gasteiger charge is 2.06. The summed E-state index contributed by atoms with van der Waals surface area (Å²) in [6.07, 6.45) is 3.35. The van der Waals surface area contributed by atoms with Gasteiger partial charge in [0.15, 0.2) is 0 Å². The molecule has 121 valence electrons. The van der Waals surface area contributed by atoms with Gasteiger partial charge in [0.05, 0.1) is 0 Å². The van der Waals surface area contributed by atoms with Crippen molar-refractivity contribution in [2.24, 2.45) is 0 Å². The third kappa shape index (κ3) is 4.52. The third-order valence-corrected chi connectivity index (χ3v) is 3.55. The van der Waals surface area contributed by atoms with Crippen LogP contribution < -0.4 is 9.47 Å². The fraction of sp³-hybridized carbons (Fsp3) is 0.111. The molecule has 1 aromatic heterocycles. The molecule has 0 aliphatic carbocycles. The first-order valence-corrected chi connectivity index (χ1v) is 7.94. The average Bonchev–Trinajstić information content (AvgIpc) is 2.56. The van der Waals surface area contributed by atoms with E-state index >= 15 is 0 Å². The molecule has 1 heterocycles. The second-order valence-corrected chi connectivity index (χ2v) is 5.94. The Morgan fingerprint density at radius 1 is 1.12 bits per heavy atom. The van der Waals surface area contributed by atoms with E-state index in [0.29, 0.717) is 23.1 Å². The van der Waals surface area contributed by atoms with Crippen molar-refractivity contribution in [2.45, 2.75) is 13.5 Å². The van der Waals surface area contributed by atoms with Gasteiger partial charge < -0.3 is 9.47 Å². The molecule has 0 bridgehead atoms. The van der Waals surface area contributed by atoms with Crippen molar-refractivity contribution in [3.63, 3.8) is 0 Å². The van der Waals surface area contributed by atoms with Crippen LogP contribution >= 0.6 is 15.9 Å². The molecule has 0 fully saturated rings. The first-order chi connectivity index (χ1) is 11.6. The maximum absolute atomic E-state index is 13.8. The smallest absolute Gasteiger partial charge is 0.135 e. The Morgan fingerprint density at radius 3 is 2.58 bits per heavy atom. The molecule has 0 spiro atoms. The van der Waals surface area contributed by atoms with Crippen LogP contribution in [0.25, 0.3) is 0 Å². The lowest BCUT2D eigenvalue weighted by Gasteiger charge is -2.10. The molecular formula is C18H13BrFN2O2. The van der Waals surface area contributed by atoms with E-state index in [1.54, 1.807) is 37.5 Å². The molecule has 0 unspecified atom stereocenters. The molecule has 4 nitrogen and oxygen atoms in total. The van der Waals surface area contributed by atoms with Gasteiger partial charge in [-0.15, -0.1) is 0 Å². The maximum atomic E-state index is 13.8. The Bertz CT molecular complexity index is 823. The predicted molar refractivity (Wildman–Crippen MR) is 90.6 cm³/mol. The number of hydrogen-bond donors (Lipinski definition) is 0. The molecule has 0 aliphatic rings. The molecule has 0 amide bonds. The third-order valence-electron chi connectivity index (χ3n) is 3.06. The van der Waals surface area contributed by atoms with E-state index in [1.807, 2.05) is 6.07 Å². The lowest BCUT2D eigenvalue weighted by Crippen LogP contribution is -1.99. The van der Waals surface area contributed by atoms with Crippen LogP contribution in [0.15, 0.2) is 53.3 Å². The maximum Gasteiger partial charge on any atom is 0.135 e. The van der Waals surface area contributed by atoms with Crippen molar-refractivity contribution < 1.29 is 13.9 Å². The van der Waals surface area contributed by atoms with E-state index in [9.17, 15) is 4.39 Å². The van der Waals surface area contributed by atoms with Crippen LogP contribution in [-0.4, -0.2) is 9.97 Å². The Morgan fingerprint density at radius 2 is 1.88 bits per heavy atom. The summed E-state index contributed by atoms with van der Waals surface area (Å²) in [6, 6.07) is 12.4. The van der Waals surface area contributed by atoms with Gasteiger partial charge in [0, 0.05) is 46.7 Å². The van der Waals surface area contributed by atoms with Gasteiger partial charge in [-0.2, -0.15) is 0 Å². The molecule has 3 rings (SSSR count). The fourth-order valence-electron chi connectivity index (χ4n) is 1.92. The minimum absolute atomic E-state index is 0.244. The van der Waals surface area contributed by atoms with Crippen molar-refractivity contribution in [2.75, 3.05) is 0 Å². The Kier molecular flexibility index (Phi) is 5.05.